The van der Waals surface area contributed by atoms with Gasteiger partial charge in [-0.2, -0.15) is 0 Å². The van der Waals surface area contributed by atoms with Crippen LogP contribution < -0.4 is 15.4 Å². The Morgan fingerprint density at radius 1 is 1.16 bits per heavy atom. The maximum Gasteiger partial charge on any atom is 0.328 e. The highest BCUT2D eigenvalue weighted by Gasteiger charge is 2.27. The predicted molar refractivity (Wildman–Crippen MR) is 125 cm³/mol. The van der Waals surface area contributed by atoms with Crippen LogP contribution in [0, 0.1) is 0 Å². The smallest absolute Gasteiger partial charge is 0.328 e. The Bertz CT molecular complexity index is 909. The average Bonchev–Trinajstić information content (AvgIpc) is 2.78. The van der Waals surface area contributed by atoms with E-state index in [4.69, 9.17) is 32.7 Å². The molecule has 1 amide bonds. The number of phenolic OH excluding ortho intramolecular Hbond substituents is 1. The van der Waals surface area contributed by atoms with Crippen molar-refractivity contribution in [3.63, 3.8) is 0 Å². The zero-order valence-corrected chi connectivity index (χ0v) is 19.6. The van der Waals surface area contributed by atoms with Gasteiger partial charge in [-0.25, -0.2) is 4.79 Å². The summed E-state index contributed by atoms with van der Waals surface area (Å²) in [7, 11) is 1.86. The number of rotatable bonds is 12. The molecular weight excluding hydrogens is 455 g/mol. The van der Waals surface area contributed by atoms with Crippen LogP contribution in [0.1, 0.15) is 35.7 Å². The van der Waals surface area contributed by atoms with Gasteiger partial charge in [-0.1, -0.05) is 53.5 Å². The van der Waals surface area contributed by atoms with Gasteiger partial charge >= 0.3 is 5.97 Å². The Balaban J connectivity index is 2.17. The summed E-state index contributed by atoms with van der Waals surface area (Å²) in [5.74, 6) is -1.65. The standard InChI is InChI=1S/C23H28Cl2N2O5/c1-3-31-23(30)18(13-15-9-5-4-6-10-15)27-22(29)16-14-17(24)21(19(25)20(16)28)32-12-8-7-11-26-2/h4-6,9-10,14,18,26,28H,3,7-8,11-13H2,1-2H3,(H,27,29). The van der Waals surface area contributed by atoms with Crippen molar-refractivity contribution in [2.45, 2.75) is 32.2 Å². The first kappa shape index (κ1) is 25.8. The monoisotopic (exact) mass is 482 g/mol. The molecule has 0 fully saturated rings. The van der Waals surface area contributed by atoms with Crippen molar-refractivity contribution in [2.75, 3.05) is 26.8 Å². The van der Waals surface area contributed by atoms with E-state index in [9.17, 15) is 14.7 Å². The fraction of sp³-hybridized carbons (Fsp3) is 0.391. The van der Waals surface area contributed by atoms with Crippen LogP contribution in [-0.4, -0.2) is 49.8 Å². The van der Waals surface area contributed by atoms with E-state index >= 15 is 0 Å². The van der Waals surface area contributed by atoms with Gasteiger partial charge in [0.1, 0.15) is 11.1 Å². The number of hydrogen-bond donors (Lipinski definition) is 3. The molecule has 0 aliphatic heterocycles. The first-order valence-corrected chi connectivity index (χ1v) is 11.1. The van der Waals surface area contributed by atoms with Gasteiger partial charge in [0, 0.05) is 6.42 Å². The second-order valence-electron chi connectivity index (χ2n) is 7.02. The summed E-state index contributed by atoms with van der Waals surface area (Å²) in [6.07, 6.45) is 1.88. The summed E-state index contributed by atoms with van der Waals surface area (Å²) in [4.78, 5) is 25.3. The third-order valence-electron chi connectivity index (χ3n) is 4.62. The SMILES string of the molecule is CCOC(=O)C(Cc1ccccc1)NC(=O)c1cc(Cl)c(OCCCCNC)c(Cl)c1O. The number of phenols is 1. The van der Waals surface area contributed by atoms with Crippen molar-refractivity contribution in [1.29, 1.82) is 0 Å². The van der Waals surface area contributed by atoms with Gasteiger partial charge < -0.3 is 25.2 Å². The number of amides is 1. The molecule has 0 radical (unpaired) electrons. The molecule has 0 heterocycles. The number of benzene rings is 2. The van der Waals surface area contributed by atoms with E-state index in [1.54, 1.807) is 6.92 Å². The summed E-state index contributed by atoms with van der Waals surface area (Å²) in [5.41, 5.74) is 0.679. The van der Waals surface area contributed by atoms with Gasteiger partial charge in [0.15, 0.2) is 11.5 Å². The Hall–Kier alpha value is -2.48. The molecule has 0 aliphatic carbocycles. The molecule has 7 nitrogen and oxygen atoms in total. The summed E-state index contributed by atoms with van der Waals surface area (Å²) in [6.45, 7) is 3.05. The number of aromatic hydroxyl groups is 1. The lowest BCUT2D eigenvalue weighted by Gasteiger charge is -2.19. The Morgan fingerprint density at radius 2 is 1.88 bits per heavy atom. The molecule has 0 aliphatic rings. The van der Waals surface area contributed by atoms with Crippen LogP contribution in [0.5, 0.6) is 11.5 Å². The highest BCUT2D eigenvalue weighted by molar-refractivity contribution is 6.39. The lowest BCUT2D eigenvalue weighted by molar-refractivity contribution is -0.145. The van der Waals surface area contributed by atoms with Gasteiger partial charge in [-0.05, 0) is 45.0 Å². The molecule has 0 aromatic heterocycles. The molecule has 2 aromatic carbocycles. The third-order valence-corrected chi connectivity index (χ3v) is 5.25. The quantitative estimate of drug-likeness (QED) is 0.312. The Morgan fingerprint density at radius 3 is 2.53 bits per heavy atom. The summed E-state index contributed by atoms with van der Waals surface area (Å²) in [6, 6.07) is 9.52. The number of esters is 1. The van der Waals surface area contributed by atoms with Gasteiger partial charge in [0.05, 0.1) is 23.8 Å². The van der Waals surface area contributed by atoms with Gasteiger partial charge in [0.25, 0.3) is 5.91 Å². The number of carbonyl (C=O) groups excluding carboxylic acids is 2. The van der Waals surface area contributed by atoms with Crippen molar-refractivity contribution >= 4 is 35.1 Å². The minimum Gasteiger partial charge on any atom is -0.505 e. The Kier molecular flexibility index (Phi) is 10.6. The van der Waals surface area contributed by atoms with E-state index in [0.29, 0.717) is 6.61 Å². The molecule has 2 aromatic rings. The molecule has 0 bridgehead atoms. The molecule has 2 rings (SSSR count). The number of hydrogen-bond acceptors (Lipinski definition) is 6. The summed E-state index contributed by atoms with van der Waals surface area (Å²) >= 11 is 12.5. The maximum atomic E-state index is 12.9. The van der Waals surface area contributed by atoms with Crippen LogP contribution in [0.25, 0.3) is 0 Å². The molecule has 9 heteroatoms. The molecule has 0 saturated carbocycles. The minimum absolute atomic E-state index is 0.0855. The van der Waals surface area contributed by atoms with E-state index in [0.717, 1.165) is 24.9 Å². The number of halogens is 2. The van der Waals surface area contributed by atoms with E-state index in [2.05, 4.69) is 10.6 Å². The molecular formula is C23H28Cl2N2O5. The van der Waals surface area contributed by atoms with Crippen LogP contribution in [0.2, 0.25) is 10.0 Å². The Labute approximate surface area is 198 Å². The summed E-state index contributed by atoms with van der Waals surface area (Å²) < 4.78 is 10.7. The molecule has 32 heavy (non-hydrogen) atoms. The van der Waals surface area contributed by atoms with Crippen LogP contribution in [-0.2, 0) is 16.0 Å². The van der Waals surface area contributed by atoms with Crippen molar-refractivity contribution in [2.24, 2.45) is 0 Å². The molecule has 1 atom stereocenters. The average molecular weight is 483 g/mol. The highest BCUT2D eigenvalue weighted by Crippen LogP contribution is 2.42. The molecule has 0 saturated heterocycles. The first-order valence-electron chi connectivity index (χ1n) is 10.4. The minimum atomic E-state index is -0.954. The number of unbranched alkanes of at least 4 members (excludes halogenated alkanes) is 1. The van der Waals surface area contributed by atoms with Gasteiger partial charge in [-0.3, -0.25) is 4.79 Å². The fourth-order valence-electron chi connectivity index (χ4n) is 3.00. The zero-order valence-electron chi connectivity index (χ0n) is 18.1. The zero-order chi connectivity index (χ0) is 23.5. The van der Waals surface area contributed by atoms with E-state index in [-0.39, 0.29) is 34.4 Å². The third kappa shape index (κ3) is 7.29. The first-order chi connectivity index (χ1) is 15.4. The predicted octanol–water partition coefficient (Wildman–Crippen LogP) is 3.98. The van der Waals surface area contributed by atoms with Crippen molar-refractivity contribution in [3.8, 4) is 11.5 Å². The second kappa shape index (κ2) is 13.2. The van der Waals surface area contributed by atoms with Crippen molar-refractivity contribution in [1.82, 2.24) is 10.6 Å². The summed E-state index contributed by atoms with van der Waals surface area (Å²) in [5, 5.41) is 16.1. The molecule has 1 unspecified atom stereocenters. The normalized spacial score (nSPS) is 11.6. The largest absolute Gasteiger partial charge is 0.505 e. The van der Waals surface area contributed by atoms with Crippen LogP contribution in [0.4, 0.5) is 0 Å². The van der Waals surface area contributed by atoms with Crippen molar-refractivity contribution in [3.05, 3.63) is 57.6 Å². The molecule has 0 spiro atoms. The second-order valence-corrected chi connectivity index (χ2v) is 7.81. The van der Waals surface area contributed by atoms with E-state index in [1.807, 2.05) is 37.4 Å². The van der Waals surface area contributed by atoms with Crippen LogP contribution >= 0.6 is 23.2 Å². The number of ether oxygens (including phenoxy) is 2. The van der Waals surface area contributed by atoms with Gasteiger partial charge in [-0.15, -0.1) is 0 Å². The maximum absolute atomic E-state index is 12.9. The van der Waals surface area contributed by atoms with E-state index < -0.39 is 23.7 Å². The lowest BCUT2D eigenvalue weighted by Crippen LogP contribution is -2.43. The fourth-order valence-corrected chi connectivity index (χ4v) is 3.56. The van der Waals surface area contributed by atoms with Crippen LogP contribution in [0.15, 0.2) is 36.4 Å². The van der Waals surface area contributed by atoms with Gasteiger partial charge in [0.2, 0.25) is 0 Å². The number of carbonyl (C=O) groups is 2. The topological polar surface area (TPSA) is 96.9 Å². The van der Waals surface area contributed by atoms with Crippen molar-refractivity contribution < 1.29 is 24.2 Å². The highest BCUT2D eigenvalue weighted by atomic mass is 35.5. The number of nitrogens with one attached hydrogen (secondary N) is 2. The van der Waals surface area contributed by atoms with Crippen LogP contribution in [0.3, 0.4) is 0 Å². The molecule has 3 N–H and O–H groups in total. The molecule has 174 valence electrons. The van der Waals surface area contributed by atoms with E-state index in [1.165, 1.54) is 6.07 Å². The lowest BCUT2D eigenvalue weighted by atomic mass is 10.1.